The summed E-state index contributed by atoms with van der Waals surface area (Å²) in [5.74, 6) is -4.15. The molecule has 0 aliphatic carbocycles. The van der Waals surface area contributed by atoms with Crippen LogP contribution in [0, 0.1) is 0 Å². The maximum absolute atomic E-state index is 12.3. The molecular weight excluding hydrogens is 166 g/mol. The van der Waals surface area contributed by atoms with Gasteiger partial charge in [-0.2, -0.15) is 8.78 Å². The van der Waals surface area contributed by atoms with Crippen LogP contribution < -0.4 is 5.32 Å². The van der Waals surface area contributed by atoms with E-state index in [0.717, 1.165) is 14.2 Å². The van der Waals surface area contributed by atoms with E-state index >= 15 is 0 Å². The van der Waals surface area contributed by atoms with Gasteiger partial charge in [-0.25, -0.2) is 8.78 Å². The molecule has 0 radical (unpaired) electrons. The van der Waals surface area contributed by atoms with Crippen LogP contribution in [0.1, 0.15) is 0 Å². The van der Waals surface area contributed by atoms with Crippen LogP contribution >= 0.6 is 0 Å². The van der Waals surface area contributed by atoms with Crippen molar-refractivity contribution in [3.63, 3.8) is 0 Å². The lowest BCUT2D eigenvalue weighted by atomic mass is 10.3. The highest BCUT2D eigenvalue weighted by atomic mass is 19.3. The Hall–Kier alpha value is -0.360. The van der Waals surface area contributed by atoms with Crippen molar-refractivity contribution in [1.29, 1.82) is 0 Å². The fraction of sp³-hybridized carbons (Fsp3) is 1.00. The van der Waals surface area contributed by atoms with Crippen molar-refractivity contribution in [1.82, 2.24) is 5.32 Å². The summed E-state index contributed by atoms with van der Waals surface area (Å²) in [5, 5.41) is 1.92. The largest absolute Gasteiger partial charge is 0.360 e. The third kappa shape index (κ3) is 2.30. The van der Waals surface area contributed by atoms with Gasteiger partial charge in [0.2, 0.25) is 0 Å². The molecule has 0 aromatic rings. The van der Waals surface area contributed by atoms with E-state index in [9.17, 15) is 17.6 Å². The number of hydrogen-bond donors (Lipinski definition) is 1. The zero-order chi connectivity index (χ0) is 9.07. The third-order valence-electron chi connectivity index (χ3n) is 1.14. The van der Waals surface area contributed by atoms with Gasteiger partial charge in [-0.15, -0.1) is 0 Å². The van der Waals surface area contributed by atoms with E-state index < -0.39 is 18.6 Å². The molecule has 0 saturated carbocycles. The van der Waals surface area contributed by atoms with E-state index in [-0.39, 0.29) is 0 Å². The summed E-state index contributed by atoms with van der Waals surface area (Å²) in [6, 6.07) is 0. The molecule has 0 aliphatic heterocycles. The fourth-order valence-corrected chi connectivity index (χ4v) is 0.582. The molecule has 0 rings (SSSR count). The second-order valence-corrected chi connectivity index (χ2v) is 1.88. The summed E-state index contributed by atoms with van der Waals surface area (Å²) in [6.45, 7) is 0. The molecule has 0 saturated heterocycles. The SMILES string of the molecule is CNC(OC)C(F)(F)C(F)F. The second kappa shape index (κ2) is 3.87. The molecule has 0 fully saturated rings. The lowest BCUT2D eigenvalue weighted by Crippen LogP contribution is -2.49. The van der Waals surface area contributed by atoms with Gasteiger partial charge in [0.1, 0.15) is 0 Å². The molecule has 0 aromatic heterocycles. The minimum Gasteiger partial charge on any atom is -0.360 e. The van der Waals surface area contributed by atoms with E-state index in [4.69, 9.17) is 0 Å². The van der Waals surface area contributed by atoms with Gasteiger partial charge >= 0.3 is 12.3 Å². The average Bonchev–Trinajstić information content (AvgIpc) is 1.89. The Morgan fingerprint density at radius 2 is 1.82 bits per heavy atom. The van der Waals surface area contributed by atoms with Crippen molar-refractivity contribution in [3.05, 3.63) is 0 Å². The van der Waals surface area contributed by atoms with E-state index in [2.05, 4.69) is 4.74 Å². The molecule has 6 heteroatoms. The average molecular weight is 175 g/mol. The highest BCUT2D eigenvalue weighted by molar-refractivity contribution is 4.77. The second-order valence-electron chi connectivity index (χ2n) is 1.88. The van der Waals surface area contributed by atoms with Crippen molar-refractivity contribution in [2.24, 2.45) is 0 Å². The number of ether oxygens (including phenoxy) is 1. The van der Waals surface area contributed by atoms with Crippen LogP contribution in [0.3, 0.4) is 0 Å². The van der Waals surface area contributed by atoms with Crippen LogP contribution in [-0.2, 0) is 4.74 Å². The van der Waals surface area contributed by atoms with Gasteiger partial charge in [0.05, 0.1) is 0 Å². The van der Waals surface area contributed by atoms with Crippen LogP contribution in [0.2, 0.25) is 0 Å². The van der Waals surface area contributed by atoms with Crippen LogP contribution in [0.15, 0.2) is 0 Å². The van der Waals surface area contributed by atoms with Gasteiger partial charge in [-0.1, -0.05) is 0 Å². The molecule has 1 unspecified atom stereocenters. The first kappa shape index (κ1) is 10.6. The maximum atomic E-state index is 12.3. The first-order chi connectivity index (χ1) is 4.96. The standard InChI is InChI=1S/C5H9F4NO/c1-10-4(11-2)5(8,9)3(6)7/h3-4,10H,1-2H3. The van der Waals surface area contributed by atoms with E-state index in [1.807, 2.05) is 5.32 Å². The van der Waals surface area contributed by atoms with Gasteiger partial charge < -0.3 is 4.74 Å². The van der Waals surface area contributed by atoms with Gasteiger partial charge in [0.15, 0.2) is 6.23 Å². The number of nitrogens with one attached hydrogen (secondary N) is 1. The predicted molar refractivity (Wildman–Crippen MR) is 30.8 cm³/mol. The summed E-state index contributed by atoms with van der Waals surface area (Å²) < 4.78 is 51.8. The summed E-state index contributed by atoms with van der Waals surface area (Å²) >= 11 is 0. The summed E-state index contributed by atoms with van der Waals surface area (Å²) in [4.78, 5) is 0. The van der Waals surface area contributed by atoms with Crippen molar-refractivity contribution in [2.45, 2.75) is 18.6 Å². The maximum Gasteiger partial charge on any atom is 0.345 e. The van der Waals surface area contributed by atoms with E-state index in [1.54, 1.807) is 0 Å². The van der Waals surface area contributed by atoms with Crippen LogP contribution in [-0.4, -0.2) is 32.7 Å². The Morgan fingerprint density at radius 1 is 1.36 bits per heavy atom. The fourth-order valence-electron chi connectivity index (χ4n) is 0.582. The van der Waals surface area contributed by atoms with Crippen molar-refractivity contribution < 1.29 is 22.3 Å². The highest BCUT2D eigenvalue weighted by Crippen LogP contribution is 2.26. The van der Waals surface area contributed by atoms with Crippen LogP contribution in [0.25, 0.3) is 0 Å². The smallest absolute Gasteiger partial charge is 0.345 e. The van der Waals surface area contributed by atoms with Crippen molar-refractivity contribution >= 4 is 0 Å². The molecule has 1 atom stereocenters. The Labute approximate surface area is 61.5 Å². The monoisotopic (exact) mass is 175 g/mol. The Balaban J connectivity index is 4.24. The van der Waals surface area contributed by atoms with Crippen molar-refractivity contribution in [2.75, 3.05) is 14.2 Å². The molecule has 0 aromatic carbocycles. The molecule has 2 nitrogen and oxygen atoms in total. The molecule has 0 aliphatic rings. The van der Waals surface area contributed by atoms with Gasteiger partial charge in [0.25, 0.3) is 0 Å². The zero-order valence-corrected chi connectivity index (χ0v) is 6.07. The minimum atomic E-state index is -4.15. The summed E-state index contributed by atoms with van der Waals surface area (Å²) in [6.07, 6.45) is -5.66. The molecule has 11 heavy (non-hydrogen) atoms. The van der Waals surface area contributed by atoms with Crippen LogP contribution in [0.5, 0.6) is 0 Å². The number of hydrogen-bond acceptors (Lipinski definition) is 2. The topological polar surface area (TPSA) is 21.3 Å². The quantitative estimate of drug-likeness (QED) is 0.510. The predicted octanol–water partition coefficient (Wildman–Crippen LogP) is 1.08. The molecule has 1 N–H and O–H groups in total. The molecule has 68 valence electrons. The van der Waals surface area contributed by atoms with E-state index in [1.165, 1.54) is 0 Å². The van der Waals surface area contributed by atoms with Crippen molar-refractivity contribution in [3.8, 4) is 0 Å². The normalized spacial score (nSPS) is 15.5. The zero-order valence-electron chi connectivity index (χ0n) is 6.07. The summed E-state index contributed by atoms with van der Waals surface area (Å²) in [7, 11) is 2.04. The lowest BCUT2D eigenvalue weighted by molar-refractivity contribution is -0.207. The highest BCUT2D eigenvalue weighted by Gasteiger charge is 2.48. The Kier molecular flexibility index (Phi) is 3.74. The first-order valence-corrected chi connectivity index (χ1v) is 2.82. The number of rotatable bonds is 4. The molecular formula is C5H9F4NO. The third-order valence-corrected chi connectivity index (χ3v) is 1.14. The Morgan fingerprint density at radius 3 is 1.91 bits per heavy atom. The number of methoxy groups -OCH3 is 1. The number of alkyl halides is 4. The number of halogens is 4. The first-order valence-electron chi connectivity index (χ1n) is 2.82. The molecule has 0 amide bonds. The van der Waals surface area contributed by atoms with Gasteiger partial charge in [0, 0.05) is 7.11 Å². The summed E-state index contributed by atoms with van der Waals surface area (Å²) in [5.41, 5.74) is 0. The Bertz CT molecular complexity index is 115. The van der Waals surface area contributed by atoms with Gasteiger partial charge in [-0.05, 0) is 7.05 Å². The lowest BCUT2D eigenvalue weighted by Gasteiger charge is -2.23. The van der Waals surface area contributed by atoms with Gasteiger partial charge in [-0.3, -0.25) is 5.32 Å². The van der Waals surface area contributed by atoms with E-state index in [0.29, 0.717) is 0 Å². The molecule has 0 heterocycles. The minimum absolute atomic E-state index is 0.928. The molecule has 0 bridgehead atoms. The molecule has 0 spiro atoms. The van der Waals surface area contributed by atoms with Crippen LogP contribution in [0.4, 0.5) is 17.6 Å².